The van der Waals surface area contributed by atoms with Crippen LogP contribution in [0.4, 0.5) is 0 Å². The summed E-state index contributed by atoms with van der Waals surface area (Å²) < 4.78 is 0. The number of aromatic amines is 1. The Morgan fingerprint density at radius 1 is 1.70 bits per heavy atom. The van der Waals surface area contributed by atoms with Crippen molar-refractivity contribution < 1.29 is 5.11 Å². The lowest BCUT2D eigenvalue weighted by Crippen LogP contribution is -2.13. The Kier molecular flexibility index (Phi) is 1.08. The van der Waals surface area contributed by atoms with Crippen molar-refractivity contribution in [2.24, 2.45) is 0 Å². The highest BCUT2D eigenvalue weighted by molar-refractivity contribution is 5.17. The zero-order chi connectivity index (χ0) is 7.03. The van der Waals surface area contributed by atoms with Gasteiger partial charge in [0, 0.05) is 12.4 Å². The van der Waals surface area contributed by atoms with E-state index in [0.29, 0.717) is 0 Å². The fraction of sp³-hybridized carbons (Fsp3) is 0.571. The number of rotatable bonds is 2. The summed E-state index contributed by atoms with van der Waals surface area (Å²) in [4.78, 5) is 7.13. The van der Waals surface area contributed by atoms with Crippen molar-refractivity contribution in [2.75, 3.05) is 6.61 Å². The lowest BCUT2D eigenvalue weighted by Gasteiger charge is -2.05. The minimum Gasteiger partial charge on any atom is -0.395 e. The van der Waals surface area contributed by atoms with Crippen LogP contribution in [0.1, 0.15) is 18.7 Å². The molecule has 1 heterocycles. The van der Waals surface area contributed by atoms with Crippen LogP contribution in [-0.4, -0.2) is 21.7 Å². The molecule has 0 saturated heterocycles. The van der Waals surface area contributed by atoms with Crippen LogP contribution in [0.2, 0.25) is 0 Å². The maximum Gasteiger partial charge on any atom is 0.114 e. The molecular formula is C7H10N2O. The molecule has 0 spiro atoms. The average molecular weight is 138 g/mol. The van der Waals surface area contributed by atoms with Crippen molar-refractivity contribution in [3.05, 3.63) is 18.2 Å². The predicted octanol–water partition coefficient (Wildman–Crippen LogP) is 0.434. The lowest BCUT2D eigenvalue weighted by atomic mass is 10.1. The minimum atomic E-state index is 0.00347. The Balaban J connectivity index is 2.27. The Morgan fingerprint density at radius 3 is 2.90 bits per heavy atom. The van der Waals surface area contributed by atoms with E-state index in [9.17, 15) is 0 Å². The van der Waals surface area contributed by atoms with E-state index in [-0.39, 0.29) is 12.0 Å². The van der Waals surface area contributed by atoms with Crippen molar-refractivity contribution in [1.82, 2.24) is 9.97 Å². The molecule has 0 aliphatic heterocycles. The molecule has 1 saturated carbocycles. The monoisotopic (exact) mass is 138 g/mol. The van der Waals surface area contributed by atoms with E-state index in [1.165, 1.54) is 0 Å². The van der Waals surface area contributed by atoms with Gasteiger partial charge in [-0.15, -0.1) is 0 Å². The van der Waals surface area contributed by atoms with Crippen LogP contribution in [-0.2, 0) is 5.41 Å². The van der Waals surface area contributed by atoms with Gasteiger partial charge in [0.1, 0.15) is 5.82 Å². The number of imidazole rings is 1. The van der Waals surface area contributed by atoms with Gasteiger partial charge in [-0.1, -0.05) is 0 Å². The Bertz CT molecular complexity index is 214. The Labute approximate surface area is 59.1 Å². The summed E-state index contributed by atoms with van der Waals surface area (Å²) in [7, 11) is 0. The summed E-state index contributed by atoms with van der Waals surface area (Å²) in [5.74, 6) is 0.940. The van der Waals surface area contributed by atoms with E-state index >= 15 is 0 Å². The van der Waals surface area contributed by atoms with Crippen LogP contribution >= 0.6 is 0 Å². The third kappa shape index (κ3) is 0.671. The number of aliphatic hydroxyl groups is 1. The Morgan fingerprint density at radius 2 is 2.50 bits per heavy atom. The fourth-order valence-corrected chi connectivity index (χ4v) is 1.18. The molecule has 0 unspecified atom stereocenters. The first-order valence-corrected chi connectivity index (χ1v) is 3.48. The van der Waals surface area contributed by atoms with Gasteiger partial charge in [-0.05, 0) is 12.8 Å². The van der Waals surface area contributed by atoms with Gasteiger partial charge in [-0.25, -0.2) is 4.98 Å². The molecule has 1 aromatic heterocycles. The first-order chi connectivity index (χ1) is 4.87. The van der Waals surface area contributed by atoms with E-state index in [1.807, 2.05) is 0 Å². The van der Waals surface area contributed by atoms with E-state index in [2.05, 4.69) is 9.97 Å². The van der Waals surface area contributed by atoms with Gasteiger partial charge < -0.3 is 10.1 Å². The third-order valence-corrected chi connectivity index (χ3v) is 2.16. The first-order valence-electron chi connectivity index (χ1n) is 3.48. The molecule has 0 bridgehead atoms. The molecule has 1 aromatic rings. The van der Waals surface area contributed by atoms with Crippen molar-refractivity contribution in [3.63, 3.8) is 0 Å². The van der Waals surface area contributed by atoms with E-state index in [1.54, 1.807) is 12.4 Å². The summed E-state index contributed by atoms with van der Waals surface area (Å²) in [5.41, 5.74) is 0.00347. The molecule has 1 fully saturated rings. The van der Waals surface area contributed by atoms with Gasteiger partial charge in [0.2, 0.25) is 0 Å². The molecule has 3 nitrogen and oxygen atoms in total. The molecule has 0 atom stereocenters. The van der Waals surface area contributed by atoms with Crippen LogP contribution in [0, 0.1) is 0 Å². The fourth-order valence-electron chi connectivity index (χ4n) is 1.18. The van der Waals surface area contributed by atoms with Gasteiger partial charge in [0.15, 0.2) is 0 Å². The van der Waals surface area contributed by atoms with E-state index in [0.717, 1.165) is 18.7 Å². The average Bonchev–Trinajstić information content (AvgIpc) is 2.58. The zero-order valence-electron chi connectivity index (χ0n) is 5.67. The number of nitrogens with zero attached hydrogens (tertiary/aromatic N) is 1. The zero-order valence-corrected chi connectivity index (χ0v) is 5.67. The van der Waals surface area contributed by atoms with Crippen LogP contribution in [0.15, 0.2) is 12.4 Å². The summed E-state index contributed by atoms with van der Waals surface area (Å²) in [6.45, 7) is 0.223. The summed E-state index contributed by atoms with van der Waals surface area (Å²) in [6.07, 6.45) is 5.66. The molecule has 0 radical (unpaired) electrons. The van der Waals surface area contributed by atoms with E-state index < -0.39 is 0 Å². The van der Waals surface area contributed by atoms with Gasteiger partial charge in [0.05, 0.1) is 12.0 Å². The van der Waals surface area contributed by atoms with Crippen molar-refractivity contribution >= 4 is 0 Å². The molecule has 10 heavy (non-hydrogen) atoms. The SMILES string of the molecule is OCC1(c2ncc[nH]2)CC1. The van der Waals surface area contributed by atoms with Crippen LogP contribution in [0.5, 0.6) is 0 Å². The number of aliphatic hydroxyl groups excluding tert-OH is 1. The molecule has 3 heteroatoms. The molecule has 2 N–H and O–H groups in total. The molecule has 1 aliphatic rings. The largest absolute Gasteiger partial charge is 0.395 e. The second-order valence-corrected chi connectivity index (χ2v) is 2.88. The number of hydrogen-bond acceptors (Lipinski definition) is 2. The summed E-state index contributed by atoms with van der Waals surface area (Å²) >= 11 is 0. The Hall–Kier alpha value is -0.830. The normalized spacial score (nSPS) is 20.9. The molecular weight excluding hydrogens is 128 g/mol. The van der Waals surface area contributed by atoms with Crippen molar-refractivity contribution in [1.29, 1.82) is 0 Å². The van der Waals surface area contributed by atoms with Gasteiger partial charge >= 0.3 is 0 Å². The first kappa shape index (κ1) is 5.92. The number of hydrogen-bond donors (Lipinski definition) is 2. The topological polar surface area (TPSA) is 48.9 Å². The standard InChI is InChI=1S/C7H10N2O/c10-5-7(1-2-7)6-8-3-4-9-6/h3-4,10H,1-2,5H2,(H,8,9). The number of aromatic nitrogens is 2. The highest BCUT2D eigenvalue weighted by atomic mass is 16.3. The predicted molar refractivity (Wildman–Crippen MR) is 36.6 cm³/mol. The molecule has 0 amide bonds. The highest BCUT2D eigenvalue weighted by Crippen LogP contribution is 2.45. The second kappa shape index (κ2) is 1.83. The minimum absolute atomic E-state index is 0.00347. The van der Waals surface area contributed by atoms with Crippen molar-refractivity contribution in [3.8, 4) is 0 Å². The summed E-state index contributed by atoms with van der Waals surface area (Å²) in [5, 5.41) is 8.97. The second-order valence-electron chi connectivity index (χ2n) is 2.88. The maximum absolute atomic E-state index is 8.97. The molecule has 1 aliphatic carbocycles. The van der Waals surface area contributed by atoms with Crippen LogP contribution in [0.25, 0.3) is 0 Å². The summed E-state index contributed by atoms with van der Waals surface area (Å²) in [6, 6.07) is 0. The highest BCUT2D eigenvalue weighted by Gasteiger charge is 2.45. The smallest absolute Gasteiger partial charge is 0.114 e. The van der Waals surface area contributed by atoms with Crippen LogP contribution in [0.3, 0.4) is 0 Å². The number of H-pyrrole nitrogens is 1. The number of nitrogens with one attached hydrogen (secondary N) is 1. The molecule has 54 valence electrons. The molecule has 0 aromatic carbocycles. The van der Waals surface area contributed by atoms with Gasteiger partial charge in [-0.3, -0.25) is 0 Å². The molecule has 2 rings (SSSR count). The van der Waals surface area contributed by atoms with E-state index in [4.69, 9.17) is 5.11 Å². The van der Waals surface area contributed by atoms with Gasteiger partial charge in [0.25, 0.3) is 0 Å². The lowest BCUT2D eigenvalue weighted by molar-refractivity contribution is 0.250. The maximum atomic E-state index is 8.97. The van der Waals surface area contributed by atoms with Gasteiger partial charge in [-0.2, -0.15) is 0 Å². The quantitative estimate of drug-likeness (QED) is 0.622. The van der Waals surface area contributed by atoms with Crippen LogP contribution < -0.4 is 0 Å². The third-order valence-electron chi connectivity index (χ3n) is 2.16. The van der Waals surface area contributed by atoms with Crippen molar-refractivity contribution in [2.45, 2.75) is 18.3 Å².